The third kappa shape index (κ3) is 2.39. The van der Waals surface area contributed by atoms with Crippen molar-refractivity contribution >= 4 is 11.7 Å². The highest BCUT2D eigenvalue weighted by molar-refractivity contribution is 5.96. The number of ether oxygens (including phenoxy) is 1. The largest absolute Gasteiger partial charge is 0.461 e. The first kappa shape index (κ1) is 15.5. The lowest BCUT2D eigenvalue weighted by Gasteiger charge is -2.62. The highest BCUT2D eigenvalue weighted by atomic mass is 16.5. The molecule has 0 aromatic heterocycles. The van der Waals surface area contributed by atoms with Crippen LogP contribution in [0.15, 0.2) is 4.99 Å². The second-order valence-corrected chi connectivity index (χ2v) is 7.40. The summed E-state index contributed by atoms with van der Waals surface area (Å²) >= 11 is 0. The van der Waals surface area contributed by atoms with Crippen LogP contribution in [0.25, 0.3) is 0 Å². The average molecular weight is 281 g/mol. The van der Waals surface area contributed by atoms with Crippen LogP contribution >= 0.6 is 0 Å². The van der Waals surface area contributed by atoms with Crippen molar-refractivity contribution in [3.63, 3.8) is 0 Å². The number of hydrogen-bond donors (Lipinski definition) is 1. The van der Waals surface area contributed by atoms with Gasteiger partial charge in [0, 0.05) is 5.71 Å². The maximum Gasteiger partial charge on any atom is 0.330 e. The minimum atomic E-state index is -0.898. The van der Waals surface area contributed by atoms with E-state index in [0.717, 1.165) is 18.6 Å². The lowest BCUT2D eigenvalue weighted by atomic mass is 9.44. The fourth-order valence-electron chi connectivity index (χ4n) is 3.76. The van der Waals surface area contributed by atoms with E-state index in [1.807, 2.05) is 20.8 Å². The maximum atomic E-state index is 11.8. The summed E-state index contributed by atoms with van der Waals surface area (Å²) in [5, 5.41) is 10.8. The molecule has 0 spiro atoms. The Kier molecular flexibility index (Phi) is 3.74. The molecule has 3 fully saturated rings. The molecule has 2 bridgehead atoms. The summed E-state index contributed by atoms with van der Waals surface area (Å²) in [6.07, 6.45) is 1.71. The molecule has 3 aliphatic rings. The van der Waals surface area contributed by atoms with Crippen LogP contribution in [0.5, 0.6) is 0 Å². The first-order chi connectivity index (χ1) is 9.06. The van der Waals surface area contributed by atoms with Gasteiger partial charge in [-0.15, -0.1) is 0 Å². The van der Waals surface area contributed by atoms with Crippen LogP contribution in [0.1, 0.15) is 54.4 Å². The summed E-state index contributed by atoms with van der Waals surface area (Å²) < 4.78 is 5.17. The van der Waals surface area contributed by atoms with Crippen LogP contribution in [0.2, 0.25) is 0 Å². The van der Waals surface area contributed by atoms with E-state index in [1.54, 1.807) is 6.92 Å². The van der Waals surface area contributed by atoms with E-state index < -0.39 is 11.6 Å². The molecule has 0 radical (unpaired) electrons. The Hall–Kier alpha value is -0.900. The molecule has 0 aromatic rings. The van der Waals surface area contributed by atoms with Crippen LogP contribution in [-0.2, 0) is 9.53 Å². The first-order valence-corrected chi connectivity index (χ1v) is 7.56. The molecule has 0 aliphatic heterocycles. The van der Waals surface area contributed by atoms with E-state index in [0.29, 0.717) is 5.92 Å². The molecule has 0 heterocycles. The van der Waals surface area contributed by atoms with E-state index in [-0.39, 0.29) is 23.4 Å². The van der Waals surface area contributed by atoms with Gasteiger partial charge >= 0.3 is 5.97 Å². The van der Waals surface area contributed by atoms with Gasteiger partial charge in [0.2, 0.25) is 0 Å². The Morgan fingerprint density at radius 3 is 2.40 bits per heavy atom. The molecular formula is C16H27NO3. The number of hydrogen-bond acceptors (Lipinski definition) is 4. The van der Waals surface area contributed by atoms with Gasteiger partial charge in [0.25, 0.3) is 0 Å². The lowest BCUT2D eigenvalue weighted by molar-refractivity contribution is -0.148. The molecular weight excluding hydrogens is 254 g/mol. The summed E-state index contributed by atoms with van der Waals surface area (Å²) in [4.78, 5) is 16.3. The fraction of sp³-hybridized carbons (Fsp3) is 0.875. The van der Waals surface area contributed by atoms with Crippen molar-refractivity contribution in [2.45, 2.75) is 72.1 Å². The molecule has 4 heteroatoms. The fourth-order valence-corrected chi connectivity index (χ4v) is 3.76. The normalized spacial score (nSPS) is 38.5. The van der Waals surface area contributed by atoms with Crippen molar-refractivity contribution in [1.29, 1.82) is 0 Å². The zero-order valence-electron chi connectivity index (χ0n) is 13.4. The molecule has 3 saturated carbocycles. The Morgan fingerprint density at radius 1 is 1.35 bits per heavy atom. The molecule has 3 aliphatic carbocycles. The molecule has 20 heavy (non-hydrogen) atoms. The highest BCUT2D eigenvalue weighted by Crippen LogP contribution is 2.61. The lowest BCUT2D eigenvalue weighted by Crippen LogP contribution is -2.65. The second kappa shape index (κ2) is 4.83. The molecule has 4 atom stereocenters. The highest BCUT2D eigenvalue weighted by Gasteiger charge is 2.61. The van der Waals surface area contributed by atoms with Gasteiger partial charge in [-0.3, -0.25) is 4.99 Å². The predicted molar refractivity (Wildman–Crippen MR) is 78.7 cm³/mol. The minimum absolute atomic E-state index is 0.135. The summed E-state index contributed by atoms with van der Waals surface area (Å²) in [7, 11) is 0. The van der Waals surface area contributed by atoms with Crippen molar-refractivity contribution in [3.8, 4) is 0 Å². The van der Waals surface area contributed by atoms with Crippen LogP contribution in [-0.4, -0.2) is 34.5 Å². The maximum absolute atomic E-state index is 11.8. The zero-order chi connectivity index (χ0) is 15.3. The number of esters is 1. The molecule has 1 unspecified atom stereocenters. The van der Waals surface area contributed by atoms with E-state index in [4.69, 9.17) is 4.74 Å². The van der Waals surface area contributed by atoms with Crippen LogP contribution in [0, 0.1) is 17.3 Å². The molecule has 114 valence electrons. The number of rotatable bonds is 3. The van der Waals surface area contributed by atoms with E-state index in [9.17, 15) is 9.90 Å². The number of fused-ring (bicyclic) bond motifs is 2. The van der Waals surface area contributed by atoms with Gasteiger partial charge in [0.1, 0.15) is 11.6 Å². The van der Waals surface area contributed by atoms with Gasteiger partial charge in [0.05, 0.1) is 6.10 Å². The molecule has 0 saturated heterocycles. The standard InChI is InChI=1S/C16H27NO3/c1-9(2)20-14(18)10(3)17-13-8-11-7-12(15(11,4)5)16(13,6)19/h9-12,19H,7-8H2,1-6H3/t10?,11-,12-,16-/m1/s1. The second-order valence-electron chi connectivity index (χ2n) is 7.40. The minimum Gasteiger partial charge on any atom is -0.461 e. The SMILES string of the molecule is CC(C)OC(=O)C(C)N=C1C[C@H]2C[C@H](C2(C)C)[C@@]1(C)O. The summed E-state index contributed by atoms with van der Waals surface area (Å²) in [6.45, 7) is 11.7. The number of carbonyl (C=O) groups is 1. The van der Waals surface area contributed by atoms with E-state index in [2.05, 4.69) is 18.8 Å². The van der Waals surface area contributed by atoms with Crippen LogP contribution < -0.4 is 0 Å². The Labute approximate surface area is 121 Å². The first-order valence-electron chi connectivity index (χ1n) is 7.56. The van der Waals surface area contributed by atoms with Crippen molar-refractivity contribution < 1.29 is 14.6 Å². The molecule has 4 nitrogen and oxygen atoms in total. The number of aliphatic imine (C=N–C) groups is 1. The van der Waals surface area contributed by atoms with E-state index in [1.165, 1.54) is 0 Å². The monoisotopic (exact) mass is 281 g/mol. The average Bonchev–Trinajstić information content (AvgIpc) is 2.29. The molecule has 3 rings (SSSR count). The van der Waals surface area contributed by atoms with Crippen molar-refractivity contribution in [1.82, 2.24) is 0 Å². The topological polar surface area (TPSA) is 58.9 Å². The number of carbonyl (C=O) groups excluding carboxylic acids is 1. The van der Waals surface area contributed by atoms with Crippen LogP contribution in [0.4, 0.5) is 0 Å². The summed E-state index contributed by atoms with van der Waals surface area (Å²) in [5.74, 6) is 0.488. The molecule has 0 amide bonds. The van der Waals surface area contributed by atoms with Gasteiger partial charge in [-0.05, 0) is 57.8 Å². The summed E-state index contributed by atoms with van der Waals surface area (Å²) in [6, 6.07) is -0.542. The van der Waals surface area contributed by atoms with Gasteiger partial charge in [-0.2, -0.15) is 0 Å². The smallest absolute Gasteiger partial charge is 0.330 e. The number of aliphatic hydroxyl groups is 1. The third-order valence-electron chi connectivity index (χ3n) is 5.22. The summed E-state index contributed by atoms with van der Waals surface area (Å²) in [5.41, 5.74) is 0.0423. The third-order valence-corrected chi connectivity index (χ3v) is 5.22. The van der Waals surface area contributed by atoms with Crippen molar-refractivity contribution in [2.75, 3.05) is 0 Å². The Morgan fingerprint density at radius 2 is 1.95 bits per heavy atom. The molecule has 0 aromatic carbocycles. The Balaban J connectivity index is 2.14. The van der Waals surface area contributed by atoms with Gasteiger partial charge in [-0.1, -0.05) is 13.8 Å². The predicted octanol–water partition coefficient (Wildman–Crippen LogP) is 2.58. The van der Waals surface area contributed by atoms with Crippen molar-refractivity contribution in [2.24, 2.45) is 22.2 Å². The van der Waals surface area contributed by atoms with Gasteiger partial charge < -0.3 is 9.84 Å². The van der Waals surface area contributed by atoms with Gasteiger partial charge in [0.15, 0.2) is 0 Å². The van der Waals surface area contributed by atoms with Crippen LogP contribution in [0.3, 0.4) is 0 Å². The van der Waals surface area contributed by atoms with Gasteiger partial charge in [-0.25, -0.2) is 4.79 Å². The quantitative estimate of drug-likeness (QED) is 0.809. The Bertz CT molecular complexity index is 437. The van der Waals surface area contributed by atoms with E-state index >= 15 is 0 Å². The molecule has 1 N–H and O–H groups in total. The zero-order valence-corrected chi connectivity index (χ0v) is 13.4. The van der Waals surface area contributed by atoms with Crippen molar-refractivity contribution in [3.05, 3.63) is 0 Å². The number of nitrogens with zero attached hydrogens (tertiary/aromatic N) is 1.